The van der Waals surface area contributed by atoms with Crippen LogP contribution in [-0.2, 0) is 24.6 Å². The van der Waals surface area contributed by atoms with Gasteiger partial charge in [0.1, 0.15) is 0 Å². The maximum atomic E-state index is 3.53. The Hall–Kier alpha value is -0.726. The van der Waals surface area contributed by atoms with E-state index in [1.54, 1.807) is 3.88 Å². The van der Waals surface area contributed by atoms with Crippen LogP contribution in [0.1, 0.15) is 40.2 Å². The van der Waals surface area contributed by atoms with Crippen LogP contribution in [0, 0.1) is 0 Å². The first-order valence-corrected chi connectivity index (χ1v) is 9.38. The molecule has 1 aromatic carbocycles. The van der Waals surface area contributed by atoms with Gasteiger partial charge in [0.05, 0.1) is 0 Å². The van der Waals surface area contributed by atoms with Crippen molar-refractivity contribution in [1.29, 1.82) is 0 Å². The Kier molecular flexibility index (Phi) is 7.20. The van der Waals surface area contributed by atoms with E-state index in [0.717, 1.165) is 0 Å². The Labute approximate surface area is 166 Å². The Morgan fingerprint density at radius 2 is 1.67 bits per heavy atom. The molecule has 1 aliphatic rings. The number of nitrogens with one attached hydrogen (secondary N) is 1. The number of rotatable bonds is 2. The van der Waals surface area contributed by atoms with Crippen molar-refractivity contribution in [1.82, 2.24) is 4.98 Å². The SMILES string of the molecule is CC(C)=C1C=c2ccccc2=[C]1[Ti+2][c]1[nH]ccc1C(C)(C)C.[Cl-].[Cl-]. The summed E-state index contributed by atoms with van der Waals surface area (Å²) in [5, 5.41) is 2.81. The summed E-state index contributed by atoms with van der Waals surface area (Å²) in [6.45, 7) is 11.3. The molecule has 0 saturated heterocycles. The average Bonchev–Trinajstić information content (AvgIpc) is 3.04. The van der Waals surface area contributed by atoms with Gasteiger partial charge in [0.15, 0.2) is 0 Å². The molecule has 1 aliphatic carbocycles. The van der Waals surface area contributed by atoms with Gasteiger partial charge in [-0.1, -0.05) is 0 Å². The van der Waals surface area contributed by atoms with E-state index >= 15 is 0 Å². The predicted molar refractivity (Wildman–Crippen MR) is 91.1 cm³/mol. The van der Waals surface area contributed by atoms with E-state index < -0.39 is 0 Å². The van der Waals surface area contributed by atoms with Gasteiger partial charge in [-0.15, -0.1) is 0 Å². The first kappa shape index (κ1) is 21.3. The molecule has 2 aromatic rings. The molecule has 0 fully saturated rings. The van der Waals surface area contributed by atoms with Gasteiger partial charge in [-0.3, -0.25) is 0 Å². The van der Waals surface area contributed by atoms with E-state index in [9.17, 15) is 0 Å². The van der Waals surface area contributed by atoms with Gasteiger partial charge in [0.25, 0.3) is 0 Å². The molecule has 4 heteroatoms. The van der Waals surface area contributed by atoms with Crippen molar-refractivity contribution in [2.45, 2.75) is 40.0 Å². The molecule has 0 unspecified atom stereocenters. The fourth-order valence-corrected chi connectivity index (χ4v) is 5.81. The van der Waals surface area contributed by atoms with Crippen molar-refractivity contribution in [2.75, 3.05) is 0 Å². The number of benzene rings is 1. The molecular formula is C20H23Cl2NTi. The van der Waals surface area contributed by atoms with Crippen LogP contribution in [0.2, 0.25) is 0 Å². The summed E-state index contributed by atoms with van der Waals surface area (Å²) >= 11 is -0.379. The first-order valence-electron chi connectivity index (χ1n) is 7.82. The maximum absolute atomic E-state index is 3.53. The number of aromatic nitrogens is 1. The third-order valence-electron chi connectivity index (χ3n) is 4.14. The maximum Gasteiger partial charge on any atom is -1.00 e. The molecule has 1 N–H and O–H groups in total. The van der Waals surface area contributed by atoms with E-state index in [2.05, 4.69) is 82.2 Å². The van der Waals surface area contributed by atoms with Crippen molar-refractivity contribution < 1.29 is 44.0 Å². The van der Waals surface area contributed by atoms with E-state index in [1.807, 2.05) is 0 Å². The van der Waals surface area contributed by atoms with Crippen LogP contribution in [0.5, 0.6) is 0 Å². The standard InChI is InChI=1S/C12H11.C8H12N.2ClH.Ti/c1-9(2)12-7-10-5-3-4-6-11(10)8-12;1-8(2,3)7-4-5-9-6-7;;;/h3-7H,1-2H3;4-5,9H,1-3H3;2*1H;/q;;;;+2/p-2. The minimum Gasteiger partial charge on any atom is -1.00 e. The van der Waals surface area contributed by atoms with Gasteiger partial charge in [-0.2, -0.15) is 0 Å². The molecule has 0 atom stereocenters. The number of H-pyrrole nitrogens is 1. The van der Waals surface area contributed by atoms with Crippen molar-refractivity contribution in [3.63, 3.8) is 0 Å². The monoisotopic (exact) mass is 395 g/mol. The molecule has 1 nitrogen and oxygen atoms in total. The topological polar surface area (TPSA) is 15.8 Å². The fraction of sp³-hybridized carbons (Fsp3) is 0.300. The van der Waals surface area contributed by atoms with Crippen LogP contribution in [0.25, 0.3) is 9.95 Å². The van der Waals surface area contributed by atoms with E-state index in [0.29, 0.717) is 0 Å². The van der Waals surface area contributed by atoms with Crippen LogP contribution in [-0.4, -0.2) is 4.98 Å². The zero-order valence-corrected chi connectivity index (χ0v) is 17.9. The number of aromatic amines is 1. The van der Waals surface area contributed by atoms with Gasteiger partial charge in [-0.05, 0) is 0 Å². The Morgan fingerprint density at radius 3 is 2.29 bits per heavy atom. The van der Waals surface area contributed by atoms with Crippen LogP contribution < -0.4 is 39.3 Å². The van der Waals surface area contributed by atoms with Gasteiger partial charge in [0.2, 0.25) is 0 Å². The predicted octanol–water partition coefficient (Wildman–Crippen LogP) is -3.03. The summed E-state index contributed by atoms with van der Waals surface area (Å²) in [6, 6.07) is 11.1. The van der Waals surface area contributed by atoms with Crippen LogP contribution in [0.3, 0.4) is 0 Å². The molecule has 0 radical (unpaired) electrons. The second kappa shape index (κ2) is 8.10. The van der Waals surface area contributed by atoms with Gasteiger partial charge < -0.3 is 24.8 Å². The van der Waals surface area contributed by atoms with Gasteiger partial charge in [-0.25, -0.2) is 0 Å². The number of hydrogen-bond donors (Lipinski definition) is 1. The first-order chi connectivity index (χ1) is 10.4. The molecule has 3 rings (SSSR count). The molecule has 1 heterocycles. The summed E-state index contributed by atoms with van der Waals surface area (Å²) < 4.78 is 3.04. The Bertz CT molecular complexity index is 866. The quantitative estimate of drug-likeness (QED) is 0.520. The number of fused-ring (bicyclic) bond motifs is 1. The summed E-state index contributed by atoms with van der Waals surface area (Å²) in [5.41, 5.74) is 4.54. The van der Waals surface area contributed by atoms with E-state index in [1.165, 1.54) is 31.1 Å². The molecule has 0 bridgehead atoms. The minimum absolute atomic E-state index is 0. The molecule has 1 aromatic heterocycles. The molecule has 126 valence electrons. The normalized spacial score (nSPS) is 12.5. The Balaban J connectivity index is 0.00000144. The number of halogens is 2. The van der Waals surface area contributed by atoms with Crippen molar-refractivity contribution >= 4 is 14.0 Å². The third-order valence-corrected chi connectivity index (χ3v) is 6.41. The molecule has 24 heavy (non-hydrogen) atoms. The largest absolute Gasteiger partial charge is 1.00 e. The number of allylic oxidation sites excluding steroid dienone is 2. The smallest absolute Gasteiger partial charge is 1.00 e. The summed E-state index contributed by atoms with van der Waals surface area (Å²) in [5.74, 6) is 0. The second-order valence-electron chi connectivity index (χ2n) is 7.16. The van der Waals surface area contributed by atoms with Gasteiger partial charge in [0, 0.05) is 0 Å². The van der Waals surface area contributed by atoms with Crippen LogP contribution in [0.4, 0.5) is 0 Å². The van der Waals surface area contributed by atoms with Crippen LogP contribution >= 0.6 is 0 Å². The Morgan fingerprint density at radius 1 is 1.00 bits per heavy atom. The zero-order chi connectivity index (χ0) is 15.9. The summed E-state index contributed by atoms with van der Waals surface area (Å²) in [4.78, 5) is 3.53. The fourth-order valence-electron chi connectivity index (χ4n) is 2.98. The minimum atomic E-state index is -0.379. The third kappa shape index (κ3) is 4.08. The number of hydrogen-bond acceptors (Lipinski definition) is 0. The summed E-state index contributed by atoms with van der Waals surface area (Å²) in [7, 11) is 0. The van der Waals surface area contributed by atoms with Crippen molar-refractivity contribution in [3.8, 4) is 0 Å². The molecule has 0 aliphatic heterocycles. The van der Waals surface area contributed by atoms with E-state index in [4.69, 9.17) is 0 Å². The second-order valence-corrected chi connectivity index (χ2v) is 9.11. The zero-order valence-electron chi connectivity index (χ0n) is 14.8. The van der Waals surface area contributed by atoms with Crippen LogP contribution in [0.15, 0.2) is 47.7 Å². The van der Waals surface area contributed by atoms with Crippen molar-refractivity contribution in [3.05, 3.63) is 63.7 Å². The average molecular weight is 396 g/mol. The van der Waals surface area contributed by atoms with Crippen molar-refractivity contribution in [2.24, 2.45) is 0 Å². The molecular weight excluding hydrogens is 373 g/mol. The molecule has 0 spiro atoms. The molecule has 0 saturated carbocycles. The van der Waals surface area contributed by atoms with E-state index in [-0.39, 0.29) is 49.4 Å². The van der Waals surface area contributed by atoms with Gasteiger partial charge >= 0.3 is 142 Å². The molecule has 0 amide bonds. The summed E-state index contributed by atoms with van der Waals surface area (Å²) in [6.07, 6.45) is 4.47.